The van der Waals surface area contributed by atoms with Crippen molar-refractivity contribution in [3.05, 3.63) is 0 Å². The Bertz CT molecular complexity index is 364. The number of aliphatic imine (C=N–C) groups is 1. The predicted octanol–water partition coefficient (Wildman–Crippen LogP) is 3.05. The normalized spacial score (nSPS) is 22.3. The van der Waals surface area contributed by atoms with Gasteiger partial charge in [0.1, 0.15) is 0 Å². The number of nitrogens with zero attached hydrogens (tertiary/aromatic N) is 2. The minimum absolute atomic E-state index is 0.357. The van der Waals surface area contributed by atoms with Crippen LogP contribution in [-0.4, -0.2) is 73.1 Å². The maximum atomic E-state index is 4.43. The molecular formula is C18H36N4S2. The summed E-state index contributed by atoms with van der Waals surface area (Å²) in [7, 11) is 1.89. The maximum Gasteiger partial charge on any atom is 0.191 e. The smallest absolute Gasteiger partial charge is 0.191 e. The lowest BCUT2D eigenvalue weighted by atomic mass is 9.80. The second-order valence-electron chi connectivity index (χ2n) is 6.94. The van der Waals surface area contributed by atoms with Gasteiger partial charge in [0, 0.05) is 50.3 Å². The van der Waals surface area contributed by atoms with Crippen molar-refractivity contribution in [1.82, 2.24) is 15.5 Å². The van der Waals surface area contributed by atoms with Gasteiger partial charge in [-0.15, -0.1) is 0 Å². The van der Waals surface area contributed by atoms with E-state index < -0.39 is 0 Å². The summed E-state index contributed by atoms with van der Waals surface area (Å²) in [5, 5.41) is 7.15. The van der Waals surface area contributed by atoms with E-state index in [1.807, 2.05) is 18.8 Å². The summed E-state index contributed by atoms with van der Waals surface area (Å²) in [6.45, 7) is 4.58. The van der Waals surface area contributed by atoms with Crippen LogP contribution in [0.2, 0.25) is 0 Å². The lowest BCUT2D eigenvalue weighted by Crippen LogP contribution is -2.59. The lowest BCUT2D eigenvalue weighted by molar-refractivity contribution is 0.0626. The quantitative estimate of drug-likeness (QED) is 0.389. The SMILES string of the molecule is CN=C(NCCCCSC)NCC1(N2CCSCC2)CCCCC1. The van der Waals surface area contributed by atoms with Crippen LogP contribution >= 0.6 is 23.5 Å². The highest BCUT2D eigenvalue weighted by Crippen LogP contribution is 2.34. The average molecular weight is 373 g/mol. The van der Waals surface area contributed by atoms with Gasteiger partial charge in [0.05, 0.1) is 0 Å². The fourth-order valence-corrected chi connectivity index (χ4v) is 5.30. The summed E-state index contributed by atoms with van der Waals surface area (Å²) < 4.78 is 0. The van der Waals surface area contributed by atoms with E-state index in [1.54, 1.807) is 0 Å². The van der Waals surface area contributed by atoms with E-state index in [9.17, 15) is 0 Å². The van der Waals surface area contributed by atoms with Crippen LogP contribution in [-0.2, 0) is 0 Å². The van der Waals surface area contributed by atoms with Gasteiger partial charge in [-0.2, -0.15) is 23.5 Å². The molecule has 1 saturated carbocycles. The lowest BCUT2D eigenvalue weighted by Gasteiger charge is -2.48. The van der Waals surface area contributed by atoms with Crippen LogP contribution in [0.4, 0.5) is 0 Å². The van der Waals surface area contributed by atoms with Crippen molar-refractivity contribution >= 4 is 29.5 Å². The Labute approximate surface area is 157 Å². The first kappa shape index (κ1) is 20.2. The van der Waals surface area contributed by atoms with Gasteiger partial charge in [0.2, 0.25) is 0 Å². The van der Waals surface area contributed by atoms with Crippen LogP contribution in [0.1, 0.15) is 44.9 Å². The highest BCUT2D eigenvalue weighted by Gasteiger charge is 2.38. The van der Waals surface area contributed by atoms with Gasteiger partial charge in [-0.1, -0.05) is 19.3 Å². The van der Waals surface area contributed by atoms with Gasteiger partial charge < -0.3 is 10.6 Å². The third kappa shape index (κ3) is 6.34. The fourth-order valence-electron chi connectivity index (χ4n) is 3.90. The minimum Gasteiger partial charge on any atom is -0.356 e. The number of hydrogen-bond acceptors (Lipinski definition) is 4. The Morgan fingerprint density at radius 2 is 1.88 bits per heavy atom. The standard InChI is InChI=1S/C18H36N4S2/c1-19-17(20-10-6-7-13-23-2)21-16-18(8-4-3-5-9-18)22-11-14-24-15-12-22/h3-16H2,1-2H3,(H2,19,20,21). The number of guanidine groups is 1. The zero-order valence-electron chi connectivity index (χ0n) is 15.6. The van der Waals surface area contributed by atoms with Crippen LogP contribution in [0.15, 0.2) is 4.99 Å². The zero-order valence-corrected chi connectivity index (χ0v) is 17.2. The fraction of sp³-hybridized carbons (Fsp3) is 0.944. The van der Waals surface area contributed by atoms with Gasteiger partial charge in [-0.3, -0.25) is 9.89 Å². The van der Waals surface area contributed by atoms with Crippen LogP contribution < -0.4 is 10.6 Å². The highest BCUT2D eigenvalue weighted by atomic mass is 32.2. The van der Waals surface area contributed by atoms with E-state index in [1.165, 1.54) is 75.3 Å². The molecule has 4 nitrogen and oxygen atoms in total. The van der Waals surface area contributed by atoms with E-state index in [0.717, 1.165) is 19.0 Å². The molecular weight excluding hydrogens is 336 g/mol. The molecule has 2 aliphatic rings. The molecule has 0 aromatic heterocycles. The van der Waals surface area contributed by atoms with E-state index in [2.05, 4.69) is 38.5 Å². The van der Waals surface area contributed by atoms with Gasteiger partial charge >= 0.3 is 0 Å². The molecule has 140 valence electrons. The molecule has 1 saturated heterocycles. The van der Waals surface area contributed by atoms with Crippen LogP contribution in [0.5, 0.6) is 0 Å². The largest absolute Gasteiger partial charge is 0.356 e. The number of thioether (sulfide) groups is 2. The van der Waals surface area contributed by atoms with Gasteiger partial charge in [-0.05, 0) is 37.7 Å². The third-order valence-corrected chi connectivity index (χ3v) is 6.98. The Balaban J connectivity index is 1.82. The summed E-state index contributed by atoms with van der Waals surface area (Å²) in [6.07, 6.45) is 11.5. The molecule has 24 heavy (non-hydrogen) atoms. The topological polar surface area (TPSA) is 39.7 Å². The molecule has 0 aromatic rings. The first-order valence-electron chi connectivity index (χ1n) is 9.57. The molecule has 1 aliphatic carbocycles. The van der Waals surface area contributed by atoms with Gasteiger partial charge in [0.15, 0.2) is 5.96 Å². The molecule has 0 radical (unpaired) electrons. The number of unbranched alkanes of at least 4 members (excludes halogenated alkanes) is 1. The third-order valence-electron chi connectivity index (χ3n) is 5.34. The summed E-state index contributed by atoms with van der Waals surface area (Å²) in [4.78, 5) is 7.21. The predicted molar refractivity (Wildman–Crippen MR) is 112 cm³/mol. The first-order valence-corrected chi connectivity index (χ1v) is 12.1. The summed E-state index contributed by atoms with van der Waals surface area (Å²) in [5.74, 6) is 4.83. The van der Waals surface area contributed by atoms with Gasteiger partial charge in [0.25, 0.3) is 0 Å². The van der Waals surface area contributed by atoms with Crippen LogP contribution in [0, 0.1) is 0 Å². The molecule has 0 spiro atoms. The van der Waals surface area contributed by atoms with Crippen molar-refractivity contribution < 1.29 is 0 Å². The van der Waals surface area contributed by atoms with Crippen molar-refractivity contribution in [3.8, 4) is 0 Å². The Kier molecular flexibility index (Phi) is 9.72. The molecule has 0 unspecified atom stereocenters. The zero-order chi connectivity index (χ0) is 17.1. The second kappa shape index (κ2) is 11.5. The highest BCUT2D eigenvalue weighted by molar-refractivity contribution is 7.99. The molecule has 0 amide bonds. The molecule has 0 bridgehead atoms. The summed E-state index contributed by atoms with van der Waals surface area (Å²) in [6, 6.07) is 0. The number of rotatable bonds is 8. The number of hydrogen-bond donors (Lipinski definition) is 2. The molecule has 2 N–H and O–H groups in total. The van der Waals surface area contributed by atoms with E-state index in [0.29, 0.717) is 5.54 Å². The van der Waals surface area contributed by atoms with Crippen molar-refractivity contribution in [1.29, 1.82) is 0 Å². The number of nitrogens with one attached hydrogen (secondary N) is 2. The summed E-state index contributed by atoms with van der Waals surface area (Å²) in [5.41, 5.74) is 0.357. The minimum atomic E-state index is 0.357. The molecule has 2 rings (SSSR count). The van der Waals surface area contributed by atoms with E-state index in [4.69, 9.17) is 0 Å². The Morgan fingerprint density at radius 1 is 1.12 bits per heavy atom. The van der Waals surface area contributed by atoms with Crippen molar-refractivity contribution in [2.45, 2.75) is 50.5 Å². The van der Waals surface area contributed by atoms with E-state index >= 15 is 0 Å². The monoisotopic (exact) mass is 372 g/mol. The van der Waals surface area contributed by atoms with Gasteiger partial charge in [-0.25, -0.2) is 0 Å². The van der Waals surface area contributed by atoms with Crippen molar-refractivity contribution in [2.75, 3.05) is 56.7 Å². The molecule has 2 fully saturated rings. The van der Waals surface area contributed by atoms with Crippen molar-refractivity contribution in [3.63, 3.8) is 0 Å². The first-order chi connectivity index (χ1) is 11.8. The molecule has 6 heteroatoms. The molecule has 1 heterocycles. The summed E-state index contributed by atoms with van der Waals surface area (Å²) >= 11 is 4.04. The average Bonchev–Trinajstić information content (AvgIpc) is 2.65. The van der Waals surface area contributed by atoms with Crippen LogP contribution in [0.3, 0.4) is 0 Å². The second-order valence-corrected chi connectivity index (χ2v) is 9.15. The van der Waals surface area contributed by atoms with Crippen LogP contribution in [0.25, 0.3) is 0 Å². The Hall–Kier alpha value is -0.0700. The Morgan fingerprint density at radius 3 is 2.54 bits per heavy atom. The van der Waals surface area contributed by atoms with E-state index in [-0.39, 0.29) is 0 Å². The maximum absolute atomic E-state index is 4.43. The molecule has 1 aliphatic heterocycles. The molecule has 0 aromatic carbocycles. The van der Waals surface area contributed by atoms with Crippen molar-refractivity contribution in [2.24, 2.45) is 4.99 Å². The molecule has 0 atom stereocenters.